The molecule has 0 radical (unpaired) electrons. The van der Waals surface area contributed by atoms with Gasteiger partial charge in [-0.2, -0.15) is 0 Å². The van der Waals surface area contributed by atoms with E-state index in [-0.39, 0.29) is 0 Å². The number of nitrogens with zero attached hydrogens (tertiary/aromatic N) is 2. The second-order valence-electron chi connectivity index (χ2n) is 4.19. The molecule has 14 heavy (non-hydrogen) atoms. The SMILES string of the molecule is CC1CN(c2nc(CN)cs2)CC1C. The normalized spacial score (nSPS) is 27.2. The number of thiazole rings is 1. The molecule has 2 N–H and O–H groups in total. The predicted molar refractivity (Wildman–Crippen MR) is 60.5 cm³/mol. The molecule has 2 heterocycles. The van der Waals surface area contributed by atoms with Crippen LogP contribution >= 0.6 is 11.3 Å². The van der Waals surface area contributed by atoms with Crippen LogP contribution < -0.4 is 10.6 Å². The molecule has 1 fully saturated rings. The lowest BCUT2D eigenvalue weighted by molar-refractivity contribution is 0.494. The second kappa shape index (κ2) is 3.87. The molecule has 1 aromatic rings. The van der Waals surface area contributed by atoms with E-state index in [1.54, 1.807) is 11.3 Å². The summed E-state index contributed by atoms with van der Waals surface area (Å²) in [6.07, 6.45) is 0. The minimum atomic E-state index is 0.551. The van der Waals surface area contributed by atoms with Gasteiger partial charge in [-0.1, -0.05) is 13.8 Å². The van der Waals surface area contributed by atoms with Gasteiger partial charge in [-0.25, -0.2) is 4.98 Å². The van der Waals surface area contributed by atoms with E-state index in [0.717, 1.165) is 35.8 Å². The molecular formula is C10H17N3S. The molecule has 1 saturated heterocycles. The molecule has 0 saturated carbocycles. The summed E-state index contributed by atoms with van der Waals surface area (Å²) in [5, 5.41) is 3.20. The Morgan fingerprint density at radius 2 is 2.14 bits per heavy atom. The molecular weight excluding hydrogens is 194 g/mol. The third kappa shape index (κ3) is 1.77. The van der Waals surface area contributed by atoms with Crippen LogP contribution in [0, 0.1) is 11.8 Å². The van der Waals surface area contributed by atoms with Crippen LogP contribution in [-0.4, -0.2) is 18.1 Å². The van der Waals surface area contributed by atoms with E-state index < -0.39 is 0 Å². The fraction of sp³-hybridized carbons (Fsp3) is 0.700. The molecule has 78 valence electrons. The number of aromatic nitrogens is 1. The van der Waals surface area contributed by atoms with E-state index in [0.29, 0.717) is 6.54 Å². The van der Waals surface area contributed by atoms with Gasteiger partial charge in [0.2, 0.25) is 0 Å². The van der Waals surface area contributed by atoms with E-state index in [1.807, 2.05) is 0 Å². The number of hydrogen-bond acceptors (Lipinski definition) is 4. The van der Waals surface area contributed by atoms with Crippen molar-refractivity contribution in [2.24, 2.45) is 17.6 Å². The first-order valence-corrected chi connectivity index (χ1v) is 5.98. The first kappa shape index (κ1) is 9.93. The lowest BCUT2D eigenvalue weighted by Gasteiger charge is -2.13. The van der Waals surface area contributed by atoms with Crippen LogP contribution in [0.2, 0.25) is 0 Å². The molecule has 1 aromatic heterocycles. The van der Waals surface area contributed by atoms with Crippen LogP contribution in [0.15, 0.2) is 5.38 Å². The van der Waals surface area contributed by atoms with Crippen molar-refractivity contribution >= 4 is 16.5 Å². The minimum Gasteiger partial charge on any atom is -0.348 e. The van der Waals surface area contributed by atoms with Crippen LogP contribution in [0.25, 0.3) is 0 Å². The van der Waals surface area contributed by atoms with Gasteiger partial charge in [0.1, 0.15) is 0 Å². The summed E-state index contributed by atoms with van der Waals surface area (Å²) in [4.78, 5) is 6.87. The Morgan fingerprint density at radius 1 is 1.50 bits per heavy atom. The molecule has 1 aliphatic rings. The van der Waals surface area contributed by atoms with Crippen molar-refractivity contribution in [3.05, 3.63) is 11.1 Å². The first-order valence-electron chi connectivity index (χ1n) is 5.10. The van der Waals surface area contributed by atoms with Crippen LogP contribution in [0.4, 0.5) is 5.13 Å². The Balaban J connectivity index is 2.09. The van der Waals surface area contributed by atoms with Gasteiger partial charge in [0.15, 0.2) is 5.13 Å². The fourth-order valence-electron chi connectivity index (χ4n) is 1.82. The maximum Gasteiger partial charge on any atom is 0.185 e. The quantitative estimate of drug-likeness (QED) is 0.809. The van der Waals surface area contributed by atoms with E-state index in [9.17, 15) is 0 Å². The van der Waals surface area contributed by atoms with Gasteiger partial charge in [0.05, 0.1) is 5.69 Å². The second-order valence-corrected chi connectivity index (χ2v) is 5.02. The highest BCUT2D eigenvalue weighted by atomic mass is 32.1. The molecule has 2 unspecified atom stereocenters. The van der Waals surface area contributed by atoms with Crippen molar-refractivity contribution in [3.8, 4) is 0 Å². The van der Waals surface area contributed by atoms with E-state index in [1.165, 1.54) is 0 Å². The Kier molecular flexibility index (Phi) is 2.74. The maximum atomic E-state index is 5.54. The zero-order valence-corrected chi connectivity index (χ0v) is 9.55. The first-order chi connectivity index (χ1) is 6.70. The minimum absolute atomic E-state index is 0.551. The highest BCUT2D eigenvalue weighted by Crippen LogP contribution is 2.29. The summed E-state index contributed by atoms with van der Waals surface area (Å²) in [6, 6.07) is 0. The molecule has 0 amide bonds. The summed E-state index contributed by atoms with van der Waals surface area (Å²) in [6.45, 7) is 7.44. The summed E-state index contributed by atoms with van der Waals surface area (Å²) >= 11 is 1.71. The molecule has 2 rings (SSSR count). The lowest BCUT2D eigenvalue weighted by Crippen LogP contribution is -2.19. The largest absolute Gasteiger partial charge is 0.348 e. The Morgan fingerprint density at radius 3 is 2.64 bits per heavy atom. The van der Waals surface area contributed by atoms with Gasteiger partial charge in [-0.15, -0.1) is 11.3 Å². The molecule has 3 nitrogen and oxygen atoms in total. The average molecular weight is 211 g/mol. The predicted octanol–water partition coefficient (Wildman–Crippen LogP) is 1.69. The fourth-order valence-corrected chi connectivity index (χ4v) is 2.68. The van der Waals surface area contributed by atoms with E-state index in [2.05, 4.69) is 29.1 Å². The van der Waals surface area contributed by atoms with Gasteiger partial charge >= 0.3 is 0 Å². The van der Waals surface area contributed by atoms with Crippen molar-refractivity contribution in [3.63, 3.8) is 0 Å². The van der Waals surface area contributed by atoms with Gasteiger partial charge in [-0.05, 0) is 11.8 Å². The van der Waals surface area contributed by atoms with E-state index >= 15 is 0 Å². The molecule has 0 aromatic carbocycles. The van der Waals surface area contributed by atoms with Crippen LogP contribution in [0.3, 0.4) is 0 Å². The average Bonchev–Trinajstić information content (AvgIpc) is 2.74. The maximum absolute atomic E-state index is 5.54. The van der Waals surface area contributed by atoms with Crippen molar-refractivity contribution in [1.29, 1.82) is 0 Å². The van der Waals surface area contributed by atoms with Crippen molar-refractivity contribution in [2.75, 3.05) is 18.0 Å². The zero-order valence-electron chi connectivity index (χ0n) is 8.73. The highest BCUT2D eigenvalue weighted by Gasteiger charge is 2.27. The molecule has 0 spiro atoms. The zero-order chi connectivity index (χ0) is 10.1. The van der Waals surface area contributed by atoms with Crippen LogP contribution in [0.5, 0.6) is 0 Å². The molecule has 1 aliphatic heterocycles. The smallest absolute Gasteiger partial charge is 0.185 e. The van der Waals surface area contributed by atoms with Gasteiger partial charge in [-0.3, -0.25) is 0 Å². The third-order valence-corrected chi connectivity index (χ3v) is 3.96. The molecule has 4 heteroatoms. The number of anilines is 1. The highest BCUT2D eigenvalue weighted by molar-refractivity contribution is 7.13. The van der Waals surface area contributed by atoms with Crippen molar-refractivity contribution in [2.45, 2.75) is 20.4 Å². The topological polar surface area (TPSA) is 42.2 Å². The summed E-state index contributed by atoms with van der Waals surface area (Å²) in [5.41, 5.74) is 6.55. The van der Waals surface area contributed by atoms with Crippen molar-refractivity contribution in [1.82, 2.24) is 4.98 Å². The molecule has 0 bridgehead atoms. The Bertz CT molecular complexity index is 300. The Hall–Kier alpha value is -0.610. The Labute approximate surface area is 88.9 Å². The van der Waals surface area contributed by atoms with Crippen LogP contribution in [0.1, 0.15) is 19.5 Å². The standard InChI is InChI=1S/C10H17N3S/c1-7-4-13(5-8(7)2)10-12-9(3-11)6-14-10/h6-8H,3-5,11H2,1-2H3. The van der Waals surface area contributed by atoms with Crippen LogP contribution in [-0.2, 0) is 6.54 Å². The number of nitrogens with two attached hydrogens (primary N) is 1. The third-order valence-electron chi connectivity index (χ3n) is 3.01. The molecule has 2 atom stereocenters. The molecule has 0 aliphatic carbocycles. The summed E-state index contributed by atoms with van der Waals surface area (Å²) < 4.78 is 0. The summed E-state index contributed by atoms with van der Waals surface area (Å²) in [5.74, 6) is 1.56. The van der Waals surface area contributed by atoms with Gasteiger partial charge < -0.3 is 10.6 Å². The summed E-state index contributed by atoms with van der Waals surface area (Å²) in [7, 11) is 0. The number of hydrogen-bond donors (Lipinski definition) is 1. The monoisotopic (exact) mass is 211 g/mol. The van der Waals surface area contributed by atoms with Gasteiger partial charge in [0.25, 0.3) is 0 Å². The van der Waals surface area contributed by atoms with Gasteiger partial charge in [0, 0.05) is 25.0 Å². The number of rotatable bonds is 2. The lowest BCUT2D eigenvalue weighted by atomic mass is 10.0. The van der Waals surface area contributed by atoms with Crippen molar-refractivity contribution < 1.29 is 0 Å². The van der Waals surface area contributed by atoms with E-state index in [4.69, 9.17) is 5.73 Å².